The van der Waals surface area contributed by atoms with Gasteiger partial charge in [0, 0.05) is 35.9 Å². The Morgan fingerprint density at radius 1 is 1.00 bits per heavy atom. The molecule has 1 aromatic heterocycles. The Labute approximate surface area is 193 Å². The van der Waals surface area contributed by atoms with E-state index in [0.717, 1.165) is 79.8 Å². The predicted octanol–water partition coefficient (Wildman–Crippen LogP) is 4.26. The van der Waals surface area contributed by atoms with E-state index in [1.165, 1.54) is 0 Å². The van der Waals surface area contributed by atoms with Crippen LogP contribution < -0.4 is 9.62 Å². The number of morpholine rings is 1. The van der Waals surface area contributed by atoms with Crippen LogP contribution in [0.25, 0.3) is 22.2 Å². The maximum atomic E-state index is 12.3. The fraction of sp³-hybridized carbons (Fsp3) is 0.400. The molecule has 0 amide bonds. The summed E-state index contributed by atoms with van der Waals surface area (Å²) in [6.45, 7) is 3.19. The lowest BCUT2D eigenvalue weighted by Crippen LogP contribution is -2.36. The van der Waals surface area contributed by atoms with Crippen molar-refractivity contribution >= 4 is 32.3 Å². The lowest BCUT2D eigenvalue weighted by atomic mass is 10.1. The molecule has 2 aliphatic carbocycles. The number of hydrogen-bond donors (Lipinski definition) is 1. The highest BCUT2D eigenvalue weighted by atomic mass is 32.2. The van der Waals surface area contributed by atoms with Crippen LogP contribution >= 0.6 is 0 Å². The van der Waals surface area contributed by atoms with Gasteiger partial charge in [-0.25, -0.2) is 8.42 Å². The number of hydrogen-bond acceptors (Lipinski definition) is 5. The Morgan fingerprint density at radius 3 is 2.36 bits per heavy atom. The molecular weight excluding hydrogens is 436 g/mol. The SMILES string of the molecule is N#Cc1c(-c2ccc(NS(=O)(=O)C3CC3)cc2)n(C2CC2)c2cc(N3CCOCC3)ccc12. The number of rotatable bonds is 6. The highest BCUT2D eigenvalue weighted by molar-refractivity contribution is 7.93. The van der Waals surface area contributed by atoms with Crippen LogP contribution in [0, 0.1) is 11.3 Å². The van der Waals surface area contributed by atoms with Crippen LogP contribution in [0.15, 0.2) is 42.5 Å². The molecule has 3 aliphatic rings. The number of nitrogens with one attached hydrogen (secondary N) is 1. The van der Waals surface area contributed by atoms with E-state index in [2.05, 4.69) is 38.5 Å². The summed E-state index contributed by atoms with van der Waals surface area (Å²) >= 11 is 0. The van der Waals surface area contributed by atoms with Crippen molar-refractivity contribution in [2.75, 3.05) is 35.9 Å². The number of nitrogens with zero attached hydrogens (tertiary/aromatic N) is 3. The molecule has 2 heterocycles. The average Bonchev–Trinajstić information content (AvgIpc) is 3.75. The third-order valence-corrected chi connectivity index (χ3v) is 8.64. The molecule has 0 bridgehead atoms. The molecular formula is C25H26N4O3S. The third-order valence-electron chi connectivity index (χ3n) is 6.77. The van der Waals surface area contributed by atoms with E-state index in [4.69, 9.17) is 4.74 Å². The largest absolute Gasteiger partial charge is 0.378 e. The number of fused-ring (bicyclic) bond motifs is 1. The molecule has 0 spiro atoms. The van der Waals surface area contributed by atoms with Crippen molar-refractivity contribution in [1.29, 1.82) is 5.26 Å². The zero-order valence-corrected chi connectivity index (χ0v) is 19.1. The molecule has 1 N–H and O–H groups in total. The first-order chi connectivity index (χ1) is 16.0. The number of sulfonamides is 1. The summed E-state index contributed by atoms with van der Waals surface area (Å²) in [6.07, 6.45) is 3.66. The summed E-state index contributed by atoms with van der Waals surface area (Å²) in [4.78, 5) is 2.33. The second kappa shape index (κ2) is 7.79. The van der Waals surface area contributed by atoms with Crippen molar-refractivity contribution < 1.29 is 13.2 Å². The van der Waals surface area contributed by atoms with Crippen molar-refractivity contribution in [1.82, 2.24) is 4.57 Å². The van der Waals surface area contributed by atoms with Gasteiger partial charge in [0.15, 0.2) is 0 Å². The van der Waals surface area contributed by atoms with Crippen molar-refractivity contribution in [3.8, 4) is 17.3 Å². The van der Waals surface area contributed by atoms with Gasteiger partial charge in [0.2, 0.25) is 10.0 Å². The van der Waals surface area contributed by atoms with Crippen molar-refractivity contribution in [3.63, 3.8) is 0 Å². The van der Waals surface area contributed by atoms with Crippen molar-refractivity contribution in [2.24, 2.45) is 0 Å². The Bertz CT molecular complexity index is 1360. The molecule has 2 saturated carbocycles. The Kier molecular flexibility index (Phi) is 4.86. The summed E-state index contributed by atoms with van der Waals surface area (Å²) in [5, 5.41) is 10.8. The molecule has 1 aliphatic heterocycles. The van der Waals surface area contributed by atoms with E-state index >= 15 is 0 Å². The normalized spacial score (nSPS) is 18.9. The first-order valence-electron chi connectivity index (χ1n) is 11.6. The van der Waals surface area contributed by atoms with Crippen molar-refractivity contribution in [2.45, 2.75) is 37.0 Å². The quantitative estimate of drug-likeness (QED) is 0.592. The fourth-order valence-corrected chi connectivity index (χ4v) is 6.14. The minimum Gasteiger partial charge on any atom is -0.378 e. The monoisotopic (exact) mass is 462 g/mol. The molecule has 0 unspecified atom stereocenters. The zero-order valence-electron chi connectivity index (χ0n) is 18.3. The lowest BCUT2D eigenvalue weighted by molar-refractivity contribution is 0.122. The molecule has 0 radical (unpaired) electrons. The Morgan fingerprint density at radius 2 is 1.73 bits per heavy atom. The molecule has 0 atom stereocenters. The Hall–Kier alpha value is -3.02. The number of benzene rings is 2. The highest BCUT2D eigenvalue weighted by Crippen LogP contribution is 2.45. The van der Waals surface area contributed by atoms with Crippen molar-refractivity contribution in [3.05, 3.63) is 48.0 Å². The van der Waals surface area contributed by atoms with Crippen LogP contribution in [0.3, 0.4) is 0 Å². The fourth-order valence-electron chi connectivity index (χ4n) is 4.75. The molecule has 33 heavy (non-hydrogen) atoms. The minimum atomic E-state index is -3.30. The van der Waals surface area contributed by atoms with Gasteiger partial charge in [-0.3, -0.25) is 4.72 Å². The number of aromatic nitrogens is 1. The van der Waals surface area contributed by atoms with Gasteiger partial charge >= 0.3 is 0 Å². The third kappa shape index (κ3) is 3.75. The van der Waals surface area contributed by atoms with Gasteiger partial charge in [0.25, 0.3) is 0 Å². The first-order valence-corrected chi connectivity index (χ1v) is 13.1. The topological polar surface area (TPSA) is 87.4 Å². The van der Waals surface area contributed by atoms with Gasteiger partial charge in [-0.05, 0) is 61.6 Å². The molecule has 8 heteroatoms. The van der Waals surface area contributed by atoms with Crippen LogP contribution in [0.4, 0.5) is 11.4 Å². The van der Waals surface area contributed by atoms with E-state index in [1.54, 1.807) is 12.1 Å². The van der Waals surface area contributed by atoms with Crippen LogP contribution in [0.2, 0.25) is 0 Å². The number of ether oxygens (including phenoxy) is 1. The van der Waals surface area contributed by atoms with Crippen LogP contribution in [0.5, 0.6) is 0 Å². The van der Waals surface area contributed by atoms with E-state index < -0.39 is 10.0 Å². The molecule has 7 nitrogen and oxygen atoms in total. The summed E-state index contributed by atoms with van der Waals surface area (Å²) < 4.78 is 35.1. The smallest absolute Gasteiger partial charge is 0.235 e. The first kappa shape index (κ1) is 20.6. The predicted molar refractivity (Wildman–Crippen MR) is 129 cm³/mol. The van der Waals surface area contributed by atoms with E-state index in [0.29, 0.717) is 17.3 Å². The van der Waals surface area contributed by atoms with E-state index in [9.17, 15) is 13.7 Å². The van der Waals surface area contributed by atoms with E-state index in [1.807, 2.05) is 12.1 Å². The molecule has 3 fully saturated rings. The minimum absolute atomic E-state index is 0.263. The summed E-state index contributed by atoms with van der Waals surface area (Å²) in [7, 11) is -3.30. The number of anilines is 2. The highest BCUT2D eigenvalue weighted by Gasteiger charge is 2.36. The summed E-state index contributed by atoms with van der Waals surface area (Å²) in [5.41, 5.74) is 5.34. The van der Waals surface area contributed by atoms with Gasteiger partial charge in [0.1, 0.15) is 6.07 Å². The standard InChI is InChI=1S/C25H26N4O3S/c26-16-23-22-10-7-20(28-11-13-32-14-12-28)15-24(22)29(19-5-6-19)25(23)17-1-3-18(4-2-17)27-33(30,31)21-8-9-21/h1-4,7,10,15,19,21,27H,5-6,8-9,11-14H2. The van der Waals surface area contributed by atoms with Crippen LogP contribution in [-0.2, 0) is 14.8 Å². The average molecular weight is 463 g/mol. The van der Waals surface area contributed by atoms with Gasteiger partial charge < -0.3 is 14.2 Å². The molecule has 6 rings (SSSR count). The number of nitriles is 1. The maximum Gasteiger partial charge on any atom is 0.235 e. The molecule has 3 aromatic rings. The van der Waals surface area contributed by atoms with Crippen LogP contribution in [-0.4, -0.2) is 44.5 Å². The Balaban J connectivity index is 1.42. The zero-order chi connectivity index (χ0) is 22.6. The van der Waals surface area contributed by atoms with Crippen LogP contribution in [0.1, 0.15) is 37.3 Å². The molecule has 2 aromatic carbocycles. The van der Waals surface area contributed by atoms with Gasteiger partial charge in [0.05, 0.1) is 35.2 Å². The lowest BCUT2D eigenvalue weighted by Gasteiger charge is -2.29. The van der Waals surface area contributed by atoms with Gasteiger partial charge in [-0.1, -0.05) is 12.1 Å². The second-order valence-electron chi connectivity index (χ2n) is 9.16. The summed E-state index contributed by atoms with van der Waals surface area (Å²) in [5.74, 6) is 0. The molecule has 170 valence electrons. The van der Waals surface area contributed by atoms with Gasteiger partial charge in [-0.2, -0.15) is 5.26 Å². The van der Waals surface area contributed by atoms with E-state index in [-0.39, 0.29) is 5.25 Å². The summed E-state index contributed by atoms with van der Waals surface area (Å²) in [6, 6.07) is 16.6. The maximum absolute atomic E-state index is 12.3. The van der Waals surface area contributed by atoms with Gasteiger partial charge in [-0.15, -0.1) is 0 Å². The second-order valence-corrected chi connectivity index (χ2v) is 11.1. The molecule has 1 saturated heterocycles.